The largest absolute Gasteiger partial charge is 0.316 e. The average Bonchev–Trinajstić information content (AvgIpc) is 1.84. The quantitative estimate of drug-likeness (QED) is 0.613. The fraction of sp³-hybridized carbons (Fsp3) is 1.00. The van der Waals surface area contributed by atoms with Crippen molar-refractivity contribution in [3.63, 3.8) is 0 Å². The van der Waals surface area contributed by atoms with E-state index in [0.717, 1.165) is 5.92 Å². The molecule has 0 aliphatic carbocycles. The SMILES string of the molecule is CCCSCCC1CNC1. The van der Waals surface area contributed by atoms with Gasteiger partial charge >= 0.3 is 0 Å². The Balaban J connectivity index is 1.76. The van der Waals surface area contributed by atoms with Gasteiger partial charge in [-0.3, -0.25) is 0 Å². The smallest absolute Gasteiger partial charge is 0.000796 e. The molecule has 0 saturated carbocycles. The van der Waals surface area contributed by atoms with E-state index in [1.54, 1.807) is 0 Å². The molecular formula is C8H17NS. The molecule has 10 heavy (non-hydrogen) atoms. The number of hydrogen-bond acceptors (Lipinski definition) is 2. The maximum absolute atomic E-state index is 3.29. The van der Waals surface area contributed by atoms with E-state index in [1.807, 2.05) is 0 Å². The summed E-state index contributed by atoms with van der Waals surface area (Å²) in [4.78, 5) is 0. The van der Waals surface area contributed by atoms with Crippen molar-refractivity contribution in [1.29, 1.82) is 0 Å². The summed E-state index contributed by atoms with van der Waals surface area (Å²) in [5.74, 6) is 3.73. The first-order chi connectivity index (χ1) is 4.93. The molecule has 0 aromatic carbocycles. The van der Waals surface area contributed by atoms with Crippen LogP contribution in [0.5, 0.6) is 0 Å². The molecule has 1 fully saturated rings. The summed E-state index contributed by atoms with van der Waals surface area (Å²) in [6.07, 6.45) is 2.76. The Kier molecular flexibility index (Phi) is 4.23. The Hall–Kier alpha value is 0.310. The van der Waals surface area contributed by atoms with Crippen LogP contribution in [0.3, 0.4) is 0 Å². The minimum atomic E-state index is 1.00. The van der Waals surface area contributed by atoms with Crippen LogP contribution in [-0.2, 0) is 0 Å². The highest BCUT2D eigenvalue weighted by molar-refractivity contribution is 7.99. The van der Waals surface area contributed by atoms with Crippen molar-refractivity contribution in [2.24, 2.45) is 5.92 Å². The molecule has 1 aliphatic heterocycles. The van der Waals surface area contributed by atoms with Crippen LogP contribution >= 0.6 is 11.8 Å². The van der Waals surface area contributed by atoms with Crippen molar-refractivity contribution in [2.75, 3.05) is 24.6 Å². The molecule has 0 aromatic rings. The molecule has 0 radical (unpaired) electrons. The van der Waals surface area contributed by atoms with E-state index in [0.29, 0.717) is 0 Å². The van der Waals surface area contributed by atoms with E-state index < -0.39 is 0 Å². The highest BCUT2D eigenvalue weighted by Gasteiger charge is 2.15. The van der Waals surface area contributed by atoms with Gasteiger partial charge in [-0.2, -0.15) is 11.8 Å². The first-order valence-corrected chi connectivity index (χ1v) is 5.37. The van der Waals surface area contributed by atoms with E-state index in [1.165, 1.54) is 37.4 Å². The van der Waals surface area contributed by atoms with Crippen LogP contribution in [0.1, 0.15) is 19.8 Å². The van der Waals surface area contributed by atoms with Gasteiger partial charge in [0, 0.05) is 0 Å². The van der Waals surface area contributed by atoms with E-state index in [2.05, 4.69) is 24.0 Å². The molecule has 0 bridgehead atoms. The molecule has 1 aliphatic rings. The molecule has 2 heteroatoms. The van der Waals surface area contributed by atoms with Gasteiger partial charge in [-0.1, -0.05) is 6.92 Å². The zero-order chi connectivity index (χ0) is 7.23. The highest BCUT2D eigenvalue weighted by atomic mass is 32.2. The van der Waals surface area contributed by atoms with Gasteiger partial charge in [0.15, 0.2) is 0 Å². The zero-order valence-corrected chi connectivity index (χ0v) is 7.54. The van der Waals surface area contributed by atoms with Gasteiger partial charge in [-0.25, -0.2) is 0 Å². The van der Waals surface area contributed by atoms with Crippen molar-refractivity contribution >= 4 is 11.8 Å². The molecule has 60 valence electrons. The monoisotopic (exact) mass is 159 g/mol. The third kappa shape index (κ3) is 2.93. The van der Waals surface area contributed by atoms with Gasteiger partial charge in [0.25, 0.3) is 0 Å². The van der Waals surface area contributed by atoms with E-state index >= 15 is 0 Å². The van der Waals surface area contributed by atoms with E-state index in [4.69, 9.17) is 0 Å². The van der Waals surface area contributed by atoms with E-state index in [-0.39, 0.29) is 0 Å². The van der Waals surface area contributed by atoms with Crippen molar-refractivity contribution in [3.8, 4) is 0 Å². The van der Waals surface area contributed by atoms with Gasteiger partial charge in [0.1, 0.15) is 0 Å². The summed E-state index contributed by atoms with van der Waals surface area (Å²) >= 11 is 2.10. The van der Waals surface area contributed by atoms with Gasteiger partial charge < -0.3 is 5.32 Å². The Morgan fingerprint density at radius 1 is 1.40 bits per heavy atom. The van der Waals surface area contributed by atoms with Crippen LogP contribution in [-0.4, -0.2) is 24.6 Å². The van der Waals surface area contributed by atoms with Crippen LogP contribution in [0, 0.1) is 5.92 Å². The van der Waals surface area contributed by atoms with Gasteiger partial charge in [0.2, 0.25) is 0 Å². The molecule has 1 heterocycles. The van der Waals surface area contributed by atoms with Crippen LogP contribution < -0.4 is 5.32 Å². The van der Waals surface area contributed by atoms with Crippen LogP contribution in [0.25, 0.3) is 0 Å². The van der Waals surface area contributed by atoms with Crippen molar-refractivity contribution in [1.82, 2.24) is 5.32 Å². The average molecular weight is 159 g/mol. The summed E-state index contributed by atoms with van der Waals surface area (Å²) < 4.78 is 0. The molecule has 0 spiro atoms. The lowest BCUT2D eigenvalue weighted by Crippen LogP contribution is -2.42. The number of hydrogen-bond donors (Lipinski definition) is 1. The summed E-state index contributed by atoms with van der Waals surface area (Å²) in [6.45, 7) is 4.79. The lowest BCUT2D eigenvalue weighted by molar-refractivity contribution is 0.341. The Bertz CT molecular complexity index is 81.3. The lowest BCUT2D eigenvalue weighted by Gasteiger charge is -2.26. The molecule has 0 unspecified atom stereocenters. The molecule has 1 N–H and O–H groups in total. The third-order valence-corrected chi connectivity index (χ3v) is 3.11. The Morgan fingerprint density at radius 3 is 2.70 bits per heavy atom. The predicted octanol–water partition coefficient (Wildman–Crippen LogP) is 1.74. The molecule has 1 nitrogen and oxygen atoms in total. The van der Waals surface area contributed by atoms with Gasteiger partial charge in [-0.05, 0) is 43.4 Å². The summed E-state index contributed by atoms with van der Waals surface area (Å²) in [5, 5.41) is 3.29. The van der Waals surface area contributed by atoms with Crippen LogP contribution in [0.4, 0.5) is 0 Å². The van der Waals surface area contributed by atoms with Crippen LogP contribution in [0.15, 0.2) is 0 Å². The zero-order valence-electron chi connectivity index (χ0n) is 6.73. The fourth-order valence-electron chi connectivity index (χ4n) is 1.05. The maximum atomic E-state index is 3.29. The Labute approximate surface area is 68.0 Å². The van der Waals surface area contributed by atoms with Gasteiger partial charge in [-0.15, -0.1) is 0 Å². The highest BCUT2D eigenvalue weighted by Crippen LogP contribution is 2.13. The first-order valence-electron chi connectivity index (χ1n) is 4.22. The topological polar surface area (TPSA) is 12.0 Å². The number of nitrogens with one attached hydrogen (secondary N) is 1. The standard InChI is InChI=1S/C8H17NS/c1-2-4-10-5-3-8-6-9-7-8/h8-9H,2-7H2,1H3. The second-order valence-corrected chi connectivity index (χ2v) is 4.15. The number of thioether (sulfide) groups is 1. The van der Waals surface area contributed by atoms with Crippen LogP contribution in [0.2, 0.25) is 0 Å². The van der Waals surface area contributed by atoms with Crippen molar-refractivity contribution < 1.29 is 0 Å². The normalized spacial score (nSPS) is 18.9. The predicted molar refractivity (Wildman–Crippen MR) is 48.6 cm³/mol. The summed E-state index contributed by atoms with van der Waals surface area (Å²) in [6, 6.07) is 0. The molecule has 1 rings (SSSR count). The fourth-order valence-corrected chi connectivity index (χ4v) is 2.04. The molecule has 0 atom stereocenters. The van der Waals surface area contributed by atoms with Gasteiger partial charge in [0.05, 0.1) is 0 Å². The number of rotatable bonds is 5. The summed E-state index contributed by atoms with van der Waals surface area (Å²) in [5.41, 5.74) is 0. The third-order valence-electron chi connectivity index (χ3n) is 1.88. The molecule has 0 amide bonds. The second kappa shape index (κ2) is 5.03. The maximum Gasteiger partial charge on any atom is -0.000796 e. The lowest BCUT2D eigenvalue weighted by atomic mass is 10.0. The summed E-state index contributed by atoms with van der Waals surface area (Å²) in [7, 11) is 0. The minimum absolute atomic E-state index is 1.00. The Morgan fingerprint density at radius 2 is 2.20 bits per heavy atom. The second-order valence-electron chi connectivity index (χ2n) is 2.93. The molecular weight excluding hydrogens is 142 g/mol. The first kappa shape index (κ1) is 8.41. The minimum Gasteiger partial charge on any atom is -0.316 e. The van der Waals surface area contributed by atoms with E-state index in [9.17, 15) is 0 Å². The molecule has 1 saturated heterocycles. The molecule has 0 aromatic heterocycles. The van der Waals surface area contributed by atoms with Crippen molar-refractivity contribution in [2.45, 2.75) is 19.8 Å². The van der Waals surface area contributed by atoms with Crippen molar-refractivity contribution in [3.05, 3.63) is 0 Å².